The zero-order chi connectivity index (χ0) is 16.4. The maximum absolute atomic E-state index is 13.8. The average molecular weight is 335 g/mol. The highest BCUT2D eigenvalue weighted by Crippen LogP contribution is 2.26. The number of sulfonamides is 1. The molecule has 1 aliphatic heterocycles. The van der Waals surface area contributed by atoms with Crippen LogP contribution in [-0.2, 0) is 16.4 Å². The van der Waals surface area contributed by atoms with Gasteiger partial charge < -0.3 is 4.74 Å². The van der Waals surface area contributed by atoms with E-state index >= 15 is 0 Å². The van der Waals surface area contributed by atoms with Crippen LogP contribution < -0.4 is 9.46 Å². The molecule has 3 rings (SSSR count). The molecule has 0 saturated carbocycles. The van der Waals surface area contributed by atoms with E-state index < -0.39 is 15.8 Å². The zero-order valence-electron chi connectivity index (χ0n) is 12.8. The van der Waals surface area contributed by atoms with Gasteiger partial charge in [0.05, 0.1) is 6.61 Å². The highest BCUT2D eigenvalue weighted by Gasteiger charge is 2.24. The Morgan fingerprint density at radius 1 is 1.26 bits per heavy atom. The van der Waals surface area contributed by atoms with E-state index in [0.29, 0.717) is 12.2 Å². The SMILES string of the molecule is Cc1ccc(F)c(S(=O)(=O)NCC2COc3ccccc3C2)c1. The third-order valence-corrected chi connectivity index (χ3v) is 5.33. The van der Waals surface area contributed by atoms with E-state index in [4.69, 9.17) is 4.74 Å². The number of benzene rings is 2. The molecule has 0 spiro atoms. The van der Waals surface area contributed by atoms with Crippen molar-refractivity contribution in [3.63, 3.8) is 0 Å². The number of fused-ring (bicyclic) bond motifs is 1. The molecule has 0 amide bonds. The van der Waals surface area contributed by atoms with Crippen LogP contribution in [0.3, 0.4) is 0 Å². The number of rotatable bonds is 4. The number of ether oxygens (including phenoxy) is 1. The molecule has 1 aliphatic rings. The van der Waals surface area contributed by atoms with E-state index in [2.05, 4.69) is 4.72 Å². The molecule has 0 radical (unpaired) electrons. The Balaban J connectivity index is 1.70. The van der Waals surface area contributed by atoms with Gasteiger partial charge in [-0.2, -0.15) is 0 Å². The normalized spacial score (nSPS) is 17.4. The molecule has 23 heavy (non-hydrogen) atoms. The van der Waals surface area contributed by atoms with Crippen LogP contribution in [0.25, 0.3) is 0 Å². The van der Waals surface area contributed by atoms with E-state index in [9.17, 15) is 12.8 Å². The quantitative estimate of drug-likeness (QED) is 0.934. The number of nitrogens with one attached hydrogen (secondary N) is 1. The predicted molar refractivity (Wildman–Crippen MR) is 85.5 cm³/mol. The van der Waals surface area contributed by atoms with Crippen LogP contribution >= 0.6 is 0 Å². The molecule has 1 heterocycles. The Kier molecular flexibility index (Phi) is 4.37. The van der Waals surface area contributed by atoms with Crippen molar-refractivity contribution in [2.45, 2.75) is 18.2 Å². The summed E-state index contributed by atoms with van der Waals surface area (Å²) in [4.78, 5) is -0.311. The van der Waals surface area contributed by atoms with E-state index in [1.165, 1.54) is 12.1 Å². The van der Waals surface area contributed by atoms with Gasteiger partial charge in [-0.3, -0.25) is 0 Å². The fraction of sp³-hybridized carbons (Fsp3) is 0.294. The second-order valence-corrected chi connectivity index (χ2v) is 7.51. The molecule has 0 bridgehead atoms. The van der Waals surface area contributed by atoms with Crippen LogP contribution in [0.4, 0.5) is 4.39 Å². The van der Waals surface area contributed by atoms with Gasteiger partial charge in [0.2, 0.25) is 10.0 Å². The van der Waals surface area contributed by atoms with Gasteiger partial charge in [-0.1, -0.05) is 24.3 Å². The number of aryl methyl sites for hydroxylation is 1. The Labute approximate surface area is 135 Å². The van der Waals surface area contributed by atoms with Crippen molar-refractivity contribution in [3.05, 3.63) is 59.4 Å². The molecule has 0 fully saturated rings. The van der Waals surface area contributed by atoms with Crippen molar-refractivity contribution in [3.8, 4) is 5.75 Å². The van der Waals surface area contributed by atoms with Gasteiger partial charge in [-0.25, -0.2) is 17.5 Å². The fourth-order valence-electron chi connectivity index (χ4n) is 2.64. The molecule has 4 nitrogen and oxygen atoms in total. The molecule has 1 N–H and O–H groups in total. The number of hydrogen-bond acceptors (Lipinski definition) is 3. The topological polar surface area (TPSA) is 55.4 Å². The van der Waals surface area contributed by atoms with Crippen LogP contribution in [0.2, 0.25) is 0 Å². The number of halogens is 1. The lowest BCUT2D eigenvalue weighted by Crippen LogP contribution is -2.35. The lowest BCUT2D eigenvalue weighted by molar-refractivity contribution is 0.223. The molecule has 1 atom stereocenters. The number of hydrogen-bond donors (Lipinski definition) is 1. The fourth-order valence-corrected chi connectivity index (χ4v) is 3.92. The Morgan fingerprint density at radius 2 is 2.04 bits per heavy atom. The zero-order valence-corrected chi connectivity index (χ0v) is 13.6. The maximum atomic E-state index is 13.8. The molecule has 6 heteroatoms. The highest BCUT2D eigenvalue weighted by molar-refractivity contribution is 7.89. The summed E-state index contributed by atoms with van der Waals surface area (Å²) in [7, 11) is -3.87. The summed E-state index contributed by atoms with van der Waals surface area (Å²) in [6.45, 7) is 2.38. The van der Waals surface area contributed by atoms with E-state index in [0.717, 1.165) is 17.7 Å². The van der Waals surface area contributed by atoms with E-state index in [-0.39, 0.29) is 17.4 Å². The van der Waals surface area contributed by atoms with Crippen molar-refractivity contribution >= 4 is 10.0 Å². The Hall–Kier alpha value is -1.92. The van der Waals surface area contributed by atoms with Crippen LogP contribution in [0.15, 0.2) is 47.4 Å². The summed E-state index contributed by atoms with van der Waals surface area (Å²) in [5.41, 5.74) is 1.76. The van der Waals surface area contributed by atoms with E-state index in [1.54, 1.807) is 13.0 Å². The van der Waals surface area contributed by atoms with Gasteiger partial charge in [0.15, 0.2) is 0 Å². The minimum atomic E-state index is -3.87. The third-order valence-electron chi connectivity index (χ3n) is 3.89. The van der Waals surface area contributed by atoms with Gasteiger partial charge in [0.1, 0.15) is 16.5 Å². The van der Waals surface area contributed by atoms with Crippen molar-refractivity contribution < 1.29 is 17.5 Å². The largest absolute Gasteiger partial charge is 0.493 e. The smallest absolute Gasteiger partial charge is 0.243 e. The summed E-state index contributed by atoms with van der Waals surface area (Å²) in [6.07, 6.45) is 0.731. The summed E-state index contributed by atoms with van der Waals surface area (Å²) in [6, 6.07) is 11.8. The lowest BCUT2D eigenvalue weighted by Gasteiger charge is -2.25. The first-order valence-electron chi connectivity index (χ1n) is 7.42. The molecule has 0 aliphatic carbocycles. The van der Waals surface area contributed by atoms with Crippen molar-refractivity contribution in [2.75, 3.05) is 13.2 Å². The first-order chi connectivity index (χ1) is 11.0. The minimum absolute atomic E-state index is 0.0209. The highest BCUT2D eigenvalue weighted by atomic mass is 32.2. The molecule has 2 aromatic rings. The van der Waals surface area contributed by atoms with Crippen molar-refractivity contribution in [1.82, 2.24) is 4.72 Å². The first-order valence-corrected chi connectivity index (χ1v) is 8.90. The van der Waals surface area contributed by atoms with Crippen LogP contribution in [0.5, 0.6) is 5.75 Å². The molecule has 2 aromatic carbocycles. The molecule has 1 unspecified atom stereocenters. The molecule has 0 aromatic heterocycles. The standard InChI is InChI=1S/C17H18FNO3S/c1-12-6-7-15(18)17(8-12)23(20,21)19-10-13-9-14-4-2-3-5-16(14)22-11-13/h2-8,13,19H,9-11H2,1H3. The lowest BCUT2D eigenvalue weighted by atomic mass is 9.97. The van der Waals surface area contributed by atoms with Crippen LogP contribution in [0.1, 0.15) is 11.1 Å². The Morgan fingerprint density at radius 3 is 2.87 bits per heavy atom. The summed E-state index contributed by atoms with van der Waals surface area (Å²) < 4.78 is 46.5. The molecule has 0 saturated heterocycles. The van der Waals surface area contributed by atoms with Gasteiger partial charge in [0, 0.05) is 12.5 Å². The monoisotopic (exact) mass is 335 g/mol. The Bertz CT molecular complexity index is 820. The molecule has 122 valence electrons. The summed E-state index contributed by atoms with van der Waals surface area (Å²) in [5.74, 6) is 0.122. The van der Waals surface area contributed by atoms with Crippen LogP contribution in [-0.4, -0.2) is 21.6 Å². The van der Waals surface area contributed by atoms with Crippen molar-refractivity contribution in [2.24, 2.45) is 5.92 Å². The second kappa shape index (κ2) is 6.29. The maximum Gasteiger partial charge on any atom is 0.243 e. The number of para-hydroxylation sites is 1. The average Bonchev–Trinajstić information content (AvgIpc) is 2.55. The first kappa shape index (κ1) is 16.0. The van der Waals surface area contributed by atoms with Gasteiger partial charge >= 0.3 is 0 Å². The van der Waals surface area contributed by atoms with E-state index in [1.807, 2.05) is 24.3 Å². The molecular formula is C17H18FNO3S. The summed E-state index contributed by atoms with van der Waals surface area (Å²) in [5, 5.41) is 0. The van der Waals surface area contributed by atoms with Gasteiger partial charge in [-0.05, 0) is 42.7 Å². The predicted octanol–water partition coefficient (Wildman–Crippen LogP) is 2.66. The molecular weight excluding hydrogens is 317 g/mol. The van der Waals surface area contributed by atoms with Gasteiger partial charge in [-0.15, -0.1) is 0 Å². The minimum Gasteiger partial charge on any atom is -0.493 e. The second-order valence-electron chi connectivity index (χ2n) is 5.77. The van der Waals surface area contributed by atoms with Gasteiger partial charge in [0.25, 0.3) is 0 Å². The van der Waals surface area contributed by atoms with Crippen molar-refractivity contribution in [1.29, 1.82) is 0 Å². The summed E-state index contributed by atoms with van der Waals surface area (Å²) >= 11 is 0. The third kappa shape index (κ3) is 3.54. The van der Waals surface area contributed by atoms with Crippen LogP contribution in [0, 0.1) is 18.7 Å².